The summed E-state index contributed by atoms with van der Waals surface area (Å²) in [5.74, 6) is 1.44. The first-order chi connectivity index (χ1) is 16.9. The number of pyridine rings is 1. The van der Waals surface area contributed by atoms with Gasteiger partial charge in [0.2, 0.25) is 0 Å². The summed E-state index contributed by atoms with van der Waals surface area (Å²) in [6, 6.07) is 22.9. The van der Waals surface area contributed by atoms with Crippen molar-refractivity contribution in [3.8, 4) is 17.2 Å². The molecule has 0 unspecified atom stereocenters. The molecule has 178 valence electrons. The number of hydrogen-bond acceptors (Lipinski definition) is 6. The zero-order valence-electron chi connectivity index (χ0n) is 19.1. The highest BCUT2D eigenvalue weighted by Crippen LogP contribution is 2.26. The van der Waals surface area contributed by atoms with Gasteiger partial charge in [-0.1, -0.05) is 6.07 Å². The molecule has 9 heteroatoms. The third-order valence-electron chi connectivity index (χ3n) is 5.19. The smallest absolute Gasteiger partial charge is 0.264 e. The number of anilines is 2. The third kappa shape index (κ3) is 5.59. The molecule has 0 bridgehead atoms. The number of amides is 1. The summed E-state index contributed by atoms with van der Waals surface area (Å²) in [5.41, 5.74) is 1.22. The van der Waals surface area contributed by atoms with Crippen molar-refractivity contribution >= 4 is 27.3 Å². The van der Waals surface area contributed by atoms with E-state index in [9.17, 15) is 13.2 Å². The molecular formula is C26H23N3O5S. The lowest BCUT2D eigenvalue weighted by Crippen LogP contribution is -2.26. The van der Waals surface area contributed by atoms with E-state index in [1.54, 1.807) is 79.1 Å². The van der Waals surface area contributed by atoms with Crippen LogP contribution in [0.5, 0.6) is 17.2 Å². The Balaban J connectivity index is 1.47. The SMILES string of the molecule is COc1ccc(N(C)S(=O)(=O)c2cccc(C(=O)Nc3ccc(Oc4ccncc4)cc3)c2)cc1. The number of sulfonamides is 1. The summed E-state index contributed by atoms with van der Waals surface area (Å²) in [4.78, 5) is 16.8. The Kier molecular flexibility index (Phi) is 6.98. The second kappa shape index (κ2) is 10.3. The minimum absolute atomic E-state index is 0.00423. The maximum absolute atomic E-state index is 13.2. The molecule has 1 amide bonds. The van der Waals surface area contributed by atoms with Crippen molar-refractivity contribution in [2.75, 3.05) is 23.8 Å². The fraction of sp³-hybridized carbons (Fsp3) is 0.0769. The standard InChI is InChI=1S/C26H23N3O5S/c1-29(21-8-12-22(33-2)13-9-21)35(31,32)25-5-3-4-19(18-25)26(30)28-20-6-10-23(11-7-20)34-24-14-16-27-17-15-24/h3-18H,1-2H3,(H,28,30). The van der Waals surface area contributed by atoms with Crippen LogP contribution in [-0.2, 0) is 10.0 Å². The molecule has 0 saturated carbocycles. The summed E-state index contributed by atoms with van der Waals surface area (Å²) >= 11 is 0. The van der Waals surface area contributed by atoms with Gasteiger partial charge in [0.1, 0.15) is 17.2 Å². The van der Waals surface area contributed by atoms with Gasteiger partial charge in [0.15, 0.2) is 0 Å². The van der Waals surface area contributed by atoms with Gasteiger partial charge >= 0.3 is 0 Å². The lowest BCUT2D eigenvalue weighted by Gasteiger charge is -2.20. The number of rotatable bonds is 8. The first kappa shape index (κ1) is 23.8. The maximum Gasteiger partial charge on any atom is 0.264 e. The Hall–Kier alpha value is -4.37. The zero-order valence-corrected chi connectivity index (χ0v) is 19.9. The van der Waals surface area contributed by atoms with E-state index in [2.05, 4.69) is 10.3 Å². The number of carbonyl (C=O) groups is 1. The third-order valence-corrected chi connectivity index (χ3v) is 6.97. The van der Waals surface area contributed by atoms with Crippen molar-refractivity contribution in [2.24, 2.45) is 0 Å². The Morgan fingerprint density at radius 1 is 0.857 bits per heavy atom. The van der Waals surface area contributed by atoms with E-state index in [0.717, 1.165) is 4.31 Å². The van der Waals surface area contributed by atoms with Crippen LogP contribution >= 0.6 is 0 Å². The van der Waals surface area contributed by atoms with Crippen LogP contribution in [-0.4, -0.2) is 33.5 Å². The van der Waals surface area contributed by atoms with Gasteiger partial charge in [0.25, 0.3) is 15.9 Å². The Bertz CT molecular complexity index is 1410. The highest BCUT2D eigenvalue weighted by Gasteiger charge is 2.22. The molecule has 0 atom stereocenters. The molecule has 0 aliphatic carbocycles. The molecule has 4 aromatic rings. The van der Waals surface area contributed by atoms with Gasteiger partial charge in [-0.05, 0) is 78.9 Å². The quantitative estimate of drug-likeness (QED) is 0.376. The van der Waals surface area contributed by atoms with Crippen molar-refractivity contribution in [2.45, 2.75) is 4.90 Å². The van der Waals surface area contributed by atoms with E-state index in [0.29, 0.717) is 28.6 Å². The monoisotopic (exact) mass is 489 g/mol. The first-order valence-corrected chi connectivity index (χ1v) is 12.0. The maximum atomic E-state index is 13.2. The fourth-order valence-corrected chi connectivity index (χ4v) is 4.48. The van der Waals surface area contributed by atoms with Crippen LogP contribution in [0.2, 0.25) is 0 Å². The molecule has 0 aliphatic rings. The Labute approximate surface area is 203 Å². The zero-order chi connectivity index (χ0) is 24.8. The van der Waals surface area contributed by atoms with Gasteiger partial charge in [-0.3, -0.25) is 14.1 Å². The molecule has 0 fully saturated rings. The average Bonchev–Trinajstić information content (AvgIpc) is 2.90. The largest absolute Gasteiger partial charge is 0.497 e. The van der Waals surface area contributed by atoms with Gasteiger partial charge in [0, 0.05) is 30.7 Å². The van der Waals surface area contributed by atoms with Crippen molar-refractivity contribution in [3.05, 3.63) is 103 Å². The molecule has 3 aromatic carbocycles. The normalized spacial score (nSPS) is 10.9. The summed E-state index contributed by atoms with van der Waals surface area (Å²) < 4.78 is 38.3. The van der Waals surface area contributed by atoms with Gasteiger partial charge in [0.05, 0.1) is 17.7 Å². The number of benzene rings is 3. The number of carbonyl (C=O) groups excluding carboxylic acids is 1. The summed E-state index contributed by atoms with van der Waals surface area (Å²) in [5, 5.41) is 2.77. The fourth-order valence-electron chi connectivity index (χ4n) is 3.24. The highest BCUT2D eigenvalue weighted by molar-refractivity contribution is 7.92. The highest BCUT2D eigenvalue weighted by atomic mass is 32.2. The molecule has 1 N–H and O–H groups in total. The van der Waals surface area contributed by atoms with Crippen LogP contribution in [0.4, 0.5) is 11.4 Å². The number of nitrogens with one attached hydrogen (secondary N) is 1. The predicted molar refractivity (Wildman–Crippen MR) is 134 cm³/mol. The topological polar surface area (TPSA) is 97.8 Å². The summed E-state index contributed by atoms with van der Waals surface area (Å²) in [7, 11) is -0.888. The van der Waals surface area contributed by atoms with Crippen molar-refractivity contribution in [1.82, 2.24) is 4.98 Å². The molecule has 0 spiro atoms. The average molecular weight is 490 g/mol. The lowest BCUT2D eigenvalue weighted by molar-refractivity contribution is 0.102. The van der Waals surface area contributed by atoms with Crippen LogP contribution in [0.1, 0.15) is 10.4 Å². The lowest BCUT2D eigenvalue weighted by atomic mass is 10.2. The van der Waals surface area contributed by atoms with E-state index in [1.165, 1.54) is 32.4 Å². The van der Waals surface area contributed by atoms with Crippen molar-refractivity contribution < 1.29 is 22.7 Å². The van der Waals surface area contributed by atoms with Gasteiger partial charge in [-0.15, -0.1) is 0 Å². The van der Waals surface area contributed by atoms with Crippen LogP contribution in [0, 0.1) is 0 Å². The van der Waals surface area contributed by atoms with Crippen LogP contribution in [0.25, 0.3) is 0 Å². The van der Waals surface area contributed by atoms with Crippen LogP contribution < -0.4 is 19.1 Å². The van der Waals surface area contributed by atoms with Crippen molar-refractivity contribution in [1.29, 1.82) is 0 Å². The summed E-state index contributed by atoms with van der Waals surface area (Å²) in [6.07, 6.45) is 3.26. The second-order valence-electron chi connectivity index (χ2n) is 7.46. The van der Waals surface area contributed by atoms with E-state index in [-0.39, 0.29) is 10.5 Å². The molecule has 0 saturated heterocycles. The van der Waals surface area contributed by atoms with E-state index in [1.807, 2.05) is 0 Å². The second-order valence-corrected chi connectivity index (χ2v) is 9.43. The van der Waals surface area contributed by atoms with Crippen molar-refractivity contribution in [3.63, 3.8) is 0 Å². The van der Waals surface area contributed by atoms with Gasteiger partial charge < -0.3 is 14.8 Å². The van der Waals surface area contributed by atoms with Crippen LogP contribution in [0.15, 0.2) is 102 Å². The Morgan fingerprint density at radius 2 is 1.49 bits per heavy atom. The molecule has 1 heterocycles. The number of nitrogens with zero attached hydrogens (tertiary/aromatic N) is 2. The molecule has 8 nitrogen and oxygen atoms in total. The molecule has 0 radical (unpaired) electrons. The minimum atomic E-state index is -3.88. The molecule has 1 aromatic heterocycles. The van der Waals surface area contributed by atoms with Crippen LogP contribution in [0.3, 0.4) is 0 Å². The number of hydrogen-bond donors (Lipinski definition) is 1. The molecular weight excluding hydrogens is 466 g/mol. The number of aromatic nitrogens is 1. The summed E-state index contributed by atoms with van der Waals surface area (Å²) in [6.45, 7) is 0. The first-order valence-electron chi connectivity index (χ1n) is 10.6. The van der Waals surface area contributed by atoms with Gasteiger partial charge in [-0.25, -0.2) is 8.42 Å². The van der Waals surface area contributed by atoms with E-state index in [4.69, 9.17) is 9.47 Å². The molecule has 0 aliphatic heterocycles. The molecule has 4 rings (SSSR count). The van der Waals surface area contributed by atoms with E-state index < -0.39 is 15.9 Å². The predicted octanol–water partition coefficient (Wildman–Crippen LogP) is 4.96. The van der Waals surface area contributed by atoms with Gasteiger partial charge in [-0.2, -0.15) is 0 Å². The minimum Gasteiger partial charge on any atom is -0.497 e. The van der Waals surface area contributed by atoms with E-state index >= 15 is 0 Å². The number of methoxy groups -OCH3 is 1. The molecule has 35 heavy (non-hydrogen) atoms. The number of ether oxygens (including phenoxy) is 2. The Morgan fingerprint density at radius 3 is 2.14 bits per heavy atom.